The summed E-state index contributed by atoms with van der Waals surface area (Å²) in [5.41, 5.74) is 1.91. The molecule has 1 aromatic carbocycles. The number of aromatic nitrogens is 2. The number of rotatable bonds is 8. The number of halogens is 1. The number of aliphatic imine (C=N–C) groups is 1. The van der Waals surface area contributed by atoms with Gasteiger partial charge in [-0.1, -0.05) is 0 Å². The minimum Gasteiger partial charge on any atom is -0.497 e. The average molecular weight is 528 g/mol. The molecule has 1 fully saturated rings. The van der Waals surface area contributed by atoms with E-state index >= 15 is 0 Å². The van der Waals surface area contributed by atoms with Gasteiger partial charge in [0.05, 0.1) is 38.2 Å². The number of morpholine rings is 1. The highest BCUT2D eigenvalue weighted by Crippen LogP contribution is 2.14. The summed E-state index contributed by atoms with van der Waals surface area (Å²) in [6.07, 6.45) is 1.95. The number of hydrogen-bond donors (Lipinski definition) is 2. The number of guanidine groups is 1. The van der Waals surface area contributed by atoms with Gasteiger partial charge in [-0.15, -0.1) is 24.0 Å². The van der Waals surface area contributed by atoms with Crippen LogP contribution in [-0.2, 0) is 11.3 Å². The summed E-state index contributed by atoms with van der Waals surface area (Å²) in [5.74, 6) is 1.64. The lowest BCUT2D eigenvalue weighted by molar-refractivity contribution is 0.0211. The summed E-state index contributed by atoms with van der Waals surface area (Å²) >= 11 is 0. The molecule has 0 bridgehead atoms. The summed E-state index contributed by atoms with van der Waals surface area (Å²) in [6, 6.07) is 10.2. The fourth-order valence-electron chi connectivity index (χ4n) is 3.22. The summed E-state index contributed by atoms with van der Waals surface area (Å²) in [5, 5.41) is 11.4. The highest BCUT2D eigenvalue weighted by Gasteiger charge is 2.17. The quantitative estimate of drug-likeness (QED) is 0.311. The van der Waals surface area contributed by atoms with Crippen molar-refractivity contribution in [1.82, 2.24) is 25.3 Å². The lowest BCUT2D eigenvalue weighted by Gasteiger charge is -2.32. The Bertz CT molecular complexity index is 774. The van der Waals surface area contributed by atoms with Gasteiger partial charge in [0, 0.05) is 38.4 Å². The number of hydrogen-bond acceptors (Lipinski definition) is 5. The molecule has 1 aliphatic rings. The van der Waals surface area contributed by atoms with Gasteiger partial charge >= 0.3 is 0 Å². The van der Waals surface area contributed by atoms with E-state index in [-0.39, 0.29) is 24.0 Å². The molecule has 1 aromatic heterocycles. The number of methoxy groups -OCH3 is 1. The van der Waals surface area contributed by atoms with Gasteiger partial charge in [0.2, 0.25) is 0 Å². The number of benzene rings is 1. The zero-order valence-electron chi connectivity index (χ0n) is 18.0. The zero-order chi connectivity index (χ0) is 20.5. The van der Waals surface area contributed by atoms with Crippen LogP contribution in [0.2, 0.25) is 0 Å². The summed E-state index contributed by atoms with van der Waals surface area (Å²) in [6.45, 7) is 10.1. The van der Waals surface area contributed by atoms with Gasteiger partial charge < -0.3 is 20.1 Å². The maximum absolute atomic E-state index is 5.43. The monoisotopic (exact) mass is 528 g/mol. The Morgan fingerprint density at radius 1 is 1.20 bits per heavy atom. The van der Waals surface area contributed by atoms with Gasteiger partial charge in [-0.3, -0.25) is 4.90 Å². The van der Waals surface area contributed by atoms with E-state index in [9.17, 15) is 0 Å². The van der Waals surface area contributed by atoms with Gasteiger partial charge in [0.15, 0.2) is 5.96 Å². The lowest BCUT2D eigenvalue weighted by atomic mass is 10.2. The van der Waals surface area contributed by atoms with Gasteiger partial charge in [-0.05, 0) is 44.2 Å². The number of nitrogens with one attached hydrogen (secondary N) is 2. The van der Waals surface area contributed by atoms with Crippen molar-refractivity contribution >= 4 is 29.9 Å². The van der Waals surface area contributed by atoms with Crippen molar-refractivity contribution < 1.29 is 9.47 Å². The zero-order valence-corrected chi connectivity index (χ0v) is 20.3. The molecular formula is C21H33IN6O2. The molecule has 0 aliphatic carbocycles. The van der Waals surface area contributed by atoms with Crippen molar-refractivity contribution in [3.63, 3.8) is 0 Å². The number of ether oxygens (including phenoxy) is 2. The van der Waals surface area contributed by atoms with E-state index in [1.54, 1.807) is 7.11 Å². The molecule has 2 N–H and O–H groups in total. The SMILES string of the molecule is CCNC(=NCc1ccn(-c2ccc(OC)cc2)n1)NCC(C)N1CCOCC1.I. The van der Waals surface area contributed by atoms with Crippen LogP contribution >= 0.6 is 24.0 Å². The molecular weight excluding hydrogens is 495 g/mol. The molecule has 1 saturated heterocycles. The predicted molar refractivity (Wildman–Crippen MR) is 130 cm³/mol. The second-order valence-corrected chi connectivity index (χ2v) is 7.02. The number of nitrogens with zero attached hydrogens (tertiary/aromatic N) is 4. The fraction of sp³-hybridized carbons (Fsp3) is 0.524. The smallest absolute Gasteiger partial charge is 0.191 e. The van der Waals surface area contributed by atoms with Gasteiger partial charge in [0.25, 0.3) is 0 Å². The molecule has 1 aliphatic heterocycles. The Labute approximate surface area is 196 Å². The van der Waals surface area contributed by atoms with Crippen molar-refractivity contribution in [2.24, 2.45) is 4.99 Å². The van der Waals surface area contributed by atoms with Crippen LogP contribution in [0.3, 0.4) is 0 Å². The molecule has 0 saturated carbocycles. The van der Waals surface area contributed by atoms with Crippen LogP contribution in [-0.4, -0.2) is 73.2 Å². The summed E-state index contributed by atoms with van der Waals surface area (Å²) in [4.78, 5) is 7.13. The first-order valence-electron chi connectivity index (χ1n) is 10.2. The Hall–Kier alpha value is -1.85. The molecule has 1 unspecified atom stereocenters. The van der Waals surface area contributed by atoms with Crippen molar-refractivity contribution in [1.29, 1.82) is 0 Å². The third kappa shape index (κ3) is 7.13. The molecule has 3 rings (SSSR count). The maximum atomic E-state index is 5.43. The van der Waals surface area contributed by atoms with Gasteiger partial charge in [-0.2, -0.15) is 5.10 Å². The van der Waals surface area contributed by atoms with Crippen molar-refractivity contribution in [3.05, 3.63) is 42.2 Å². The molecule has 30 heavy (non-hydrogen) atoms. The van der Waals surface area contributed by atoms with Crippen LogP contribution in [0.5, 0.6) is 5.75 Å². The second-order valence-electron chi connectivity index (χ2n) is 7.02. The molecule has 0 amide bonds. The standard InChI is InChI=1S/C21H32N6O2.HI/c1-4-22-21(23-15-17(2)26-11-13-29-14-12-26)24-16-18-9-10-27(25-18)19-5-7-20(28-3)8-6-19;/h5-10,17H,4,11-16H2,1-3H3,(H2,22,23,24);1H. The molecule has 9 heteroatoms. The van der Waals surface area contributed by atoms with E-state index in [1.807, 2.05) is 41.2 Å². The Morgan fingerprint density at radius 2 is 1.93 bits per heavy atom. The third-order valence-corrected chi connectivity index (χ3v) is 4.96. The van der Waals surface area contributed by atoms with Crippen LogP contribution < -0.4 is 15.4 Å². The first kappa shape index (κ1) is 24.4. The molecule has 1 atom stereocenters. The highest BCUT2D eigenvalue weighted by atomic mass is 127. The van der Waals surface area contributed by atoms with Crippen LogP contribution in [0.4, 0.5) is 0 Å². The van der Waals surface area contributed by atoms with Crippen molar-refractivity contribution in [3.8, 4) is 11.4 Å². The van der Waals surface area contributed by atoms with Crippen LogP contribution in [0.1, 0.15) is 19.5 Å². The van der Waals surface area contributed by atoms with E-state index in [4.69, 9.17) is 14.5 Å². The van der Waals surface area contributed by atoms with E-state index in [1.165, 1.54) is 0 Å². The Balaban J connectivity index is 0.00000320. The minimum atomic E-state index is 0. The van der Waals surface area contributed by atoms with Gasteiger partial charge in [-0.25, -0.2) is 9.67 Å². The van der Waals surface area contributed by atoms with Crippen molar-refractivity contribution in [2.45, 2.75) is 26.4 Å². The predicted octanol–water partition coefficient (Wildman–Crippen LogP) is 2.27. The first-order chi connectivity index (χ1) is 14.2. The fourth-order valence-corrected chi connectivity index (χ4v) is 3.22. The average Bonchev–Trinajstić information content (AvgIpc) is 3.25. The first-order valence-corrected chi connectivity index (χ1v) is 10.2. The molecule has 166 valence electrons. The van der Waals surface area contributed by atoms with Crippen molar-refractivity contribution in [2.75, 3.05) is 46.5 Å². The summed E-state index contributed by atoms with van der Waals surface area (Å²) in [7, 11) is 1.66. The molecule has 0 spiro atoms. The van der Waals surface area contributed by atoms with Gasteiger partial charge in [0.1, 0.15) is 5.75 Å². The molecule has 2 heterocycles. The van der Waals surface area contributed by atoms with Crippen LogP contribution in [0.25, 0.3) is 5.69 Å². The largest absolute Gasteiger partial charge is 0.497 e. The maximum Gasteiger partial charge on any atom is 0.191 e. The molecule has 2 aromatic rings. The molecule has 0 radical (unpaired) electrons. The lowest BCUT2D eigenvalue weighted by Crippen LogP contribution is -2.49. The normalized spacial score (nSPS) is 15.9. The Kier molecular flexibility index (Phi) is 10.4. The highest BCUT2D eigenvalue weighted by molar-refractivity contribution is 14.0. The molecule has 8 nitrogen and oxygen atoms in total. The summed E-state index contributed by atoms with van der Waals surface area (Å²) < 4.78 is 12.5. The van der Waals surface area contributed by atoms with E-state index < -0.39 is 0 Å². The second kappa shape index (κ2) is 12.8. The van der Waals surface area contributed by atoms with E-state index in [0.717, 1.165) is 62.5 Å². The van der Waals surface area contributed by atoms with E-state index in [2.05, 4.69) is 34.5 Å². The third-order valence-electron chi connectivity index (χ3n) is 4.96. The minimum absolute atomic E-state index is 0. The van der Waals surface area contributed by atoms with Crippen LogP contribution in [0.15, 0.2) is 41.5 Å². The Morgan fingerprint density at radius 3 is 2.60 bits per heavy atom. The topological polar surface area (TPSA) is 75.9 Å². The van der Waals surface area contributed by atoms with E-state index in [0.29, 0.717) is 12.6 Å². The van der Waals surface area contributed by atoms with Crippen LogP contribution in [0, 0.1) is 0 Å².